The van der Waals surface area contributed by atoms with E-state index < -0.39 is 22.2 Å². The molecular weight excluding hydrogens is 567 g/mol. The number of nitrogens with zero attached hydrogens (tertiary/aromatic N) is 3. The molecule has 3 aromatic rings. The normalized spacial score (nSPS) is 14.7. The van der Waals surface area contributed by atoms with Gasteiger partial charge in [-0.1, -0.05) is 12.1 Å². The Hall–Kier alpha value is -3.69. The quantitative estimate of drug-likeness (QED) is 0.233. The minimum Gasteiger partial charge on any atom is -0.478 e. The number of nitrogen functional groups attached to an aromatic ring is 1. The molecule has 41 heavy (non-hydrogen) atoms. The van der Waals surface area contributed by atoms with Gasteiger partial charge in [-0.3, -0.25) is 4.68 Å². The van der Waals surface area contributed by atoms with Gasteiger partial charge in [0.05, 0.1) is 31.6 Å². The van der Waals surface area contributed by atoms with Crippen molar-refractivity contribution in [3.8, 4) is 17.0 Å². The summed E-state index contributed by atoms with van der Waals surface area (Å²) in [4.78, 5) is 13.2. The van der Waals surface area contributed by atoms with Gasteiger partial charge in [-0.25, -0.2) is 23.3 Å². The first-order chi connectivity index (χ1) is 19.3. The fourth-order valence-corrected chi connectivity index (χ4v) is 4.91. The van der Waals surface area contributed by atoms with E-state index in [4.69, 9.17) is 30.2 Å². The molecule has 0 unspecified atom stereocenters. The van der Waals surface area contributed by atoms with Crippen molar-refractivity contribution in [2.24, 2.45) is 5.14 Å². The Morgan fingerprint density at radius 3 is 2.54 bits per heavy atom. The lowest BCUT2D eigenvalue weighted by molar-refractivity contribution is -0.192. The predicted octanol–water partition coefficient (Wildman–Crippen LogP) is 3.62. The number of benzene rings is 1. The van der Waals surface area contributed by atoms with Crippen molar-refractivity contribution in [3.05, 3.63) is 53.3 Å². The molecule has 0 saturated heterocycles. The Labute approximate surface area is 234 Å². The number of aryl methyl sites for hydroxylation is 1. The summed E-state index contributed by atoms with van der Waals surface area (Å²) in [5.41, 5.74) is 12.7. The van der Waals surface area contributed by atoms with Crippen LogP contribution in [-0.4, -0.2) is 53.6 Å². The molecule has 1 aromatic carbocycles. The number of fused-ring (bicyclic) bond motifs is 1. The second kappa shape index (κ2) is 12.4. The number of nitrogens with two attached hydrogens (primary N) is 2. The van der Waals surface area contributed by atoms with Gasteiger partial charge in [0, 0.05) is 36.0 Å². The Bertz CT molecular complexity index is 1510. The summed E-state index contributed by atoms with van der Waals surface area (Å²) in [7, 11) is -3.83. The van der Waals surface area contributed by atoms with Gasteiger partial charge < -0.3 is 20.3 Å². The van der Waals surface area contributed by atoms with Crippen molar-refractivity contribution in [1.29, 1.82) is 0 Å². The average Bonchev–Trinajstić information content (AvgIpc) is 3.45. The van der Waals surface area contributed by atoms with E-state index in [0.717, 1.165) is 48.9 Å². The van der Waals surface area contributed by atoms with Crippen LogP contribution in [-0.2, 0) is 39.0 Å². The number of pyridine rings is 1. The van der Waals surface area contributed by atoms with Gasteiger partial charge in [0.15, 0.2) is 5.03 Å². The summed E-state index contributed by atoms with van der Waals surface area (Å²) in [5, 5.41) is 16.4. The first-order valence-electron chi connectivity index (χ1n) is 12.8. The second-order valence-corrected chi connectivity index (χ2v) is 11.2. The van der Waals surface area contributed by atoms with Crippen LogP contribution in [0, 0.1) is 0 Å². The van der Waals surface area contributed by atoms with Crippen LogP contribution >= 0.6 is 0 Å². The first kappa shape index (κ1) is 30.3. The Morgan fingerprint density at radius 2 is 1.88 bits per heavy atom. The topological polar surface area (TPSA) is 173 Å². The Kier molecular flexibility index (Phi) is 9.19. The number of carbonyl (C=O) groups is 1. The number of primary sulfonamides is 1. The van der Waals surface area contributed by atoms with Crippen molar-refractivity contribution in [2.45, 2.75) is 62.4 Å². The summed E-state index contributed by atoms with van der Waals surface area (Å²) in [5.74, 6) is -2.21. The maximum atomic E-state index is 11.6. The van der Waals surface area contributed by atoms with Gasteiger partial charge in [0.25, 0.3) is 10.0 Å². The standard InChI is InChI=1S/C24H29N5O4S.C2HF3O2/c25-24-20-4-1-3-16(20)5-8-21(24)17-9-10-27-22(13-17)33-12-2-11-32-15-19-14-23(34(26,30)31)28-29(19)18-6-7-18;3-2(4,5)1(6)7/h5,8-10,13-14,18H,1-4,6-7,11-12,15,25H2,(H2,26,30,31);(H,6,7). The highest BCUT2D eigenvalue weighted by atomic mass is 32.2. The number of aliphatic carboxylic acids is 1. The van der Waals surface area contributed by atoms with E-state index in [1.165, 1.54) is 17.2 Å². The van der Waals surface area contributed by atoms with Gasteiger partial charge in [0.2, 0.25) is 5.88 Å². The molecule has 0 radical (unpaired) electrons. The summed E-state index contributed by atoms with van der Waals surface area (Å²) < 4.78 is 68.2. The molecule has 0 bridgehead atoms. The minimum absolute atomic E-state index is 0.115. The van der Waals surface area contributed by atoms with Crippen LogP contribution in [0.2, 0.25) is 0 Å². The number of hydrogen-bond acceptors (Lipinski definition) is 8. The number of halogens is 3. The maximum absolute atomic E-state index is 11.6. The molecule has 2 heterocycles. The summed E-state index contributed by atoms with van der Waals surface area (Å²) in [6, 6.07) is 9.84. The SMILES string of the molecule is Nc1c(-c2ccnc(OCCCOCc3cc(S(N)(=O)=O)nn3C3CC3)c2)ccc2c1CCC2.O=C(O)C(F)(F)F. The number of rotatable bonds is 10. The van der Waals surface area contributed by atoms with Crippen molar-refractivity contribution in [1.82, 2.24) is 14.8 Å². The number of hydrogen-bond donors (Lipinski definition) is 3. The van der Waals surface area contributed by atoms with E-state index in [1.807, 2.05) is 12.1 Å². The Balaban J connectivity index is 0.000000493. The second-order valence-electron chi connectivity index (χ2n) is 9.65. The maximum Gasteiger partial charge on any atom is 0.490 e. The number of anilines is 1. The molecule has 5 rings (SSSR count). The molecule has 0 atom stereocenters. The molecule has 5 N–H and O–H groups in total. The highest BCUT2D eigenvalue weighted by Crippen LogP contribution is 2.37. The molecule has 0 amide bonds. The van der Waals surface area contributed by atoms with E-state index in [1.54, 1.807) is 10.9 Å². The number of carboxylic acids is 1. The average molecular weight is 598 g/mol. The summed E-state index contributed by atoms with van der Waals surface area (Å²) in [6.07, 6.45) is 2.57. The number of aromatic nitrogens is 3. The van der Waals surface area contributed by atoms with Gasteiger partial charge in [0.1, 0.15) is 0 Å². The molecule has 2 aliphatic rings. The molecular formula is C26H30F3N5O6S. The van der Waals surface area contributed by atoms with Crippen molar-refractivity contribution < 1.29 is 41.0 Å². The molecule has 222 valence electrons. The molecule has 15 heteroatoms. The minimum atomic E-state index is -5.08. The van der Waals surface area contributed by atoms with Crippen LogP contribution in [0.1, 0.15) is 48.5 Å². The van der Waals surface area contributed by atoms with Gasteiger partial charge in [-0.2, -0.15) is 18.3 Å². The first-order valence-corrected chi connectivity index (χ1v) is 14.4. The van der Waals surface area contributed by atoms with E-state index >= 15 is 0 Å². The van der Waals surface area contributed by atoms with Crippen molar-refractivity contribution in [3.63, 3.8) is 0 Å². The molecule has 1 saturated carbocycles. The van der Waals surface area contributed by atoms with Crippen molar-refractivity contribution in [2.75, 3.05) is 18.9 Å². The molecule has 1 fully saturated rings. The zero-order valence-corrected chi connectivity index (χ0v) is 22.7. The Morgan fingerprint density at radius 1 is 1.15 bits per heavy atom. The summed E-state index contributed by atoms with van der Waals surface area (Å²) >= 11 is 0. The van der Waals surface area contributed by atoms with E-state index in [9.17, 15) is 21.6 Å². The zero-order valence-electron chi connectivity index (χ0n) is 21.9. The van der Waals surface area contributed by atoms with E-state index in [0.29, 0.717) is 31.2 Å². The smallest absolute Gasteiger partial charge is 0.478 e. The fraction of sp³-hybridized carbons (Fsp3) is 0.423. The number of ether oxygens (including phenoxy) is 2. The predicted molar refractivity (Wildman–Crippen MR) is 141 cm³/mol. The molecule has 2 aromatic heterocycles. The third kappa shape index (κ3) is 7.95. The number of sulfonamides is 1. The molecule has 2 aliphatic carbocycles. The molecule has 0 aliphatic heterocycles. The number of alkyl halides is 3. The van der Waals surface area contributed by atoms with Crippen molar-refractivity contribution >= 4 is 21.7 Å². The largest absolute Gasteiger partial charge is 0.490 e. The van der Waals surface area contributed by atoms with Crippen LogP contribution in [0.25, 0.3) is 11.1 Å². The highest BCUT2D eigenvalue weighted by Gasteiger charge is 2.38. The lowest BCUT2D eigenvalue weighted by Crippen LogP contribution is -2.21. The third-order valence-corrected chi connectivity index (χ3v) is 7.31. The van der Waals surface area contributed by atoms with Gasteiger partial charge >= 0.3 is 12.1 Å². The van der Waals surface area contributed by atoms with Crippen LogP contribution in [0.4, 0.5) is 18.9 Å². The van der Waals surface area contributed by atoms with Crippen LogP contribution < -0.4 is 15.6 Å². The van der Waals surface area contributed by atoms with E-state index in [2.05, 4.69) is 22.2 Å². The van der Waals surface area contributed by atoms with Crippen LogP contribution in [0.5, 0.6) is 5.88 Å². The molecule has 0 spiro atoms. The van der Waals surface area contributed by atoms with Crippen LogP contribution in [0.3, 0.4) is 0 Å². The van der Waals surface area contributed by atoms with Gasteiger partial charge in [-0.15, -0.1) is 0 Å². The highest BCUT2D eigenvalue weighted by molar-refractivity contribution is 7.89. The van der Waals surface area contributed by atoms with Crippen LogP contribution in [0.15, 0.2) is 41.6 Å². The summed E-state index contributed by atoms with van der Waals surface area (Å²) in [6.45, 7) is 1.17. The lowest BCUT2D eigenvalue weighted by atomic mass is 9.98. The monoisotopic (exact) mass is 597 g/mol. The third-order valence-electron chi connectivity index (χ3n) is 6.52. The van der Waals surface area contributed by atoms with E-state index in [-0.39, 0.29) is 17.7 Å². The molecule has 11 nitrogen and oxygen atoms in total. The zero-order chi connectivity index (χ0) is 29.8. The fourth-order valence-electron chi connectivity index (χ4n) is 4.41. The lowest BCUT2D eigenvalue weighted by Gasteiger charge is -2.12. The number of carboxylic acid groups (broad SMARTS) is 1. The van der Waals surface area contributed by atoms with Gasteiger partial charge in [-0.05, 0) is 54.9 Å².